The molecule has 1 fully saturated rings. The first-order valence-electron chi connectivity index (χ1n) is 15.0. The van der Waals surface area contributed by atoms with Crippen LogP contribution in [0.15, 0.2) is 35.7 Å². The Hall–Kier alpha value is -4.33. The van der Waals surface area contributed by atoms with Crippen LogP contribution in [0.25, 0.3) is 10.9 Å². The number of methoxy groups -OCH3 is 1. The Morgan fingerprint density at radius 1 is 1.07 bits per heavy atom. The Balaban J connectivity index is 1.26. The zero-order valence-corrected chi connectivity index (χ0v) is 27.4. The van der Waals surface area contributed by atoms with Crippen LogP contribution in [-0.2, 0) is 14.6 Å². The zero-order valence-electron chi connectivity index (χ0n) is 26.5. The highest BCUT2D eigenvalue weighted by molar-refractivity contribution is 7.92. The first-order chi connectivity index (χ1) is 21.4. The molecule has 4 heterocycles. The molecule has 45 heavy (non-hydrogen) atoms. The summed E-state index contributed by atoms with van der Waals surface area (Å²) < 4.78 is 37.3. The van der Waals surface area contributed by atoms with E-state index in [9.17, 15) is 13.2 Å². The molecule has 1 aromatic carbocycles. The molecule has 0 unspecified atom stereocenters. The zero-order chi connectivity index (χ0) is 32.4. The number of nitrogens with one attached hydrogen (secondary N) is 2. The third kappa shape index (κ3) is 6.85. The summed E-state index contributed by atoms with van der Waals surface area (Å²) in [5.74, 6) is 2.01. The topological polar surface area (TPSA) is 165 Å². The van der Waals surface area contributed by atoms with Gasteiger partial charge in [-0.15, -0.1) is 0 Å². The number of carbonyl (C=O) groups is 1. The lowest BCUT2D eigenvalue weighted by Crippen LogP contribution is -2.35. The Kier molecular flexibility index (Phi) is 9.23. The number of fused-ring (bicyclic) bond motifs is 1. The van der Waals surface area contributed by atoms with Gasteiger partial charge >= 0.3 is 5.97 Å². The van der Waals surface area contributed by atoms with Gasteiger partial charge in [-0.25, -0.2) is 33.1 Å². The van der Waals surface area contributed by atoms with Crippen LogP contribution in [0, 0.1) is 19.8 Å². The molecule has 14 heteroatoms. The molecular formula is C31H40N8O5S. The Morgan fingerprint density at radius 3 is 2.40 bits per heavy atom. The summed E-state index contributed by atoms with van der Waals surface area (Å²) in [5, 5.41) is 11.0. The fourth-order valence-electron chi connectivity index (χ4n) is 5.22. The Labute approximate surface area is 263 Å². The first kappa shape index (κ1) is 32.1. The Bertz CT molecular complexity index is 1780. The number of aromatic amines is 1. The highest BCUT2D eigenvalue weighted by atomic mass is 32.2. The number of rotatable bonds is 10. The van der Waals surface area contributed by atoms with Crippen LogP contribution < -0.4 is 15.0 Å². The van der Waals surface area contributed by atoms with E-state index < -0.39 is 20.6 Å². The highest BCUT2D eigenvalue weighted by Gasteiger charge is 2.34. The second kappa shape index (κ2) is 13.0. The van der Waals surface area contributed by atoms with Crippen molar-refractivity contribution in [3.8, 4) is 5.75 Å². The van der Waals surface area contributed by atoms with Gasteiger partial charge in [-0.3, -0.25) is 5.10 Å². The normalized spacial score (nSPS) is 14.5. The van der Waals surface area contributed by atoms with E-state index in [0.717, 1.165) is 50.0 Å². The van der Waals surface area contributed by atoms with Crippen molar-refractivity contribution in [2.45, 2.75) is 69.9 Å². The average Bonchev–Trinajstić information content (AvgIpc) is 3.34. The van der Waals surface area contributed by atoms with Crippen LogP contribution in [0.4, 0.5) is 17.6 Å². The number of nitrogens with zero attached hydrogens (tertiary/aromatic N) is 6. The van der Waals surface area contributed by atoms with Crippen molar-refractivity contribution in [2.75, 3.05) is 37.0 Å². The molecule has 4 aromatic rings. The number of benzene rings is 1. The van der Waals surface area contributed by atoms with Gasteiger partial charge < -0.3 is 19.7 Å². The van der Waals surface area contributed by atoms with Crippen molar-refractivity contribution in [1.29, 1.82) is 0 Å². The minimum absolute atomic E-state index is 0.113. The molecule has 0 atom stereocenters. The molecule has 0 amide bonds. The standard InChI is InChI=1S/C31H40N8O5S/c1-19-20(2)37-38-27(19)36-28-23-14-26(45(41,42)31(3,4)5)25(15-24(23)34-18-35-28)44-13-7-8-21-9-11-39(12-10-21)30-32-16-22(17-33-30)29(40)43-6/h14-18,21H,7-13H2,1-6H3,(H2,34,35,36,37,38). The van der Waals surface area contributed by atoms with Gasteiger partial charge in [0.15, 0.2) is 15.7 Å². The van der Waals surface area contributed by atoms with E-state index in [2.05, 4.69) is 40.3 Å². The summed E-state index contributed by atoms with van der Waals surface area (Å²) in [5.41, 5.74) is 2.76. The molecule has 13 nitrogen and oxygen atoms in total. The summed E-state index contributed by atoms with van der Waals surface area (Å²) in [6.45, 7) is 10.9. The monoisotopic (exact) mass is 636 g/mol. The van der Waals surface area contributed by atoms with Gasteiger partial charge in [-0.05, 0) is 72.3 Å². The summed E-state index contributed by atoms with van der Waals surface area (Å²) in [6, 6.07) is 3.30. The lowest BCUT2D eigenvalue weighted by molar-refractivity contribution is 0.0599. The number of hydrogen-bond donors (Lipinski definition) is 2. The lowest BCUT2D eigenvalue weighted by atomic mass is 9.92. The average molecular weight is 637 g/mol. The second-order valence-electron chi connectivity index (χ2n) is 12.3. The maximum atomic E-state index is 13.7. The molecule has 1 aliphatic rings. The SMILES string of the molecule is COC(=O)c1cnc(N2CCC(CCCOc3cc4ncnc(Nc5n[nH]c(C)c5C)c4cc3S(=O)(=O)C(C)(C)C)CC2)nc1. The van der Waals surface area contributed by atoms with Crippen LogP contribution in [0.1, 0.15) is 68.1 Å². The number of ether oxygens (including phenoxy) is 2. The highest BCUT2D eigenvalue weighted by Crippen LogP contribution is 2.37. The van der Waals surface area contributed by atoms with Gasteiger partial charge in [-0.1, -0.05) is 0 Å². The van der Waals surface area contributed by atoms with Crippen LogP contribution >= 0.6 is 0 Å². The number of esters is 1. The predicted octanol–water partition coefficient (Wildman–Crippen LogP) is 4.94. The summed E-state index contributed by atoms with van der Waals surface area (Å²) in [7, 11) is -2.44. The fourth-order valence-corrected chi connectivity index (χ4v) is 6.53. The maximum Gasteiger partial charge on any atom is 0.341 e. The van der Waals surface area contributed by atoms with Crippen molar-refractivity contribution in [3.05, 3.63) is 47.7 Å². The number of piperidine rings is 1. The number of carbonyl (C=O) groups excluding carboxylic acids is 1. The third-order valence-electron chi connectivity index (χ3n) is 8.26. The van der Waals surface area contributed by atoms with Crippen molar-refractivity contribution < 1.29 is 22.7 Å². The van der Waals surface area contributed by atoms with E-state index >= 15 is 0 Å². The maximum absolute atomic E-state index is 13.7. The molecule has 1 aliphatic heterocycles. The molecular weight excluding hydrogens is 596 g/mol. The van der Waals surface area contributed by atoms with Gasteiger partial charge in [0.1, 0.15) is 22.8 Å². The molecule has 1 saturated heterocycles. The van der Waals surface area contributed by atoms with E-state index in [1.807, 2.05) is 13.8 Å². The van der Waals surface area contributed by atoms with Crippen LogP contribution in [0.3, 0.4) is 0 Å². The smallest absolute Gasteiger partial charge is 0.341 e. The number of hydrogen-bond acceptors (Lipinski definition) is 12. The van der Waals surface area contributed by atoms with E-state index in [4.69, 9.17) is 9.47 Å². The van der Waals surface area contributed by atoms with E-state index in [0.29, 0.717) is 46.6 Å². The van der Waals surface area contributed by atoms with Gasteiger partial charge in [-0.2, -0.15) is 5.10 Å². The molecule has 0 spiro atoms. The molecule has 5 rings (SSSR count). The van der Waals surface area contributed by atoms with Crippen LogP contribution in [-0.4, -0.2) is 76.1 Å². The van der Waals surface area contributed by atoms with Gasteiger partial charge in [0.05, 0.1) is 29.5 Å². The molecule has 0 aliphatic carbocycles. The van der Waals surface area contributed by atoms with Gasteiger partial charge in [0, 0.05) is 48.2 Å². The van der Waals surface area contributed by atoms with Crippen molar-refractivity contribution in [1.82, 2.24) is 30.1 Å². The van der Waals surface area contributed by atoms with E-state index in [1.165, 1.54) is 25.8 Å². The summed E-state index contributed by atoms with van der Waals surface area (Å²) >= 11 is 0. The molecule has 3 aromatic heterocycles. The number of aryl methyl sites for hydroxylation is 1. The molecule has 0 saturated carbocycles. The minimum atomic E-state index is -3.76. The first-order valence-corrected chi connectivity index (χ1v) is 16.5. The molecule has 240 valence electrons. The second-order valence-corrected chi connectivity index (χ2v) is 15.0. The summed E-state index contributed by atoms with van der Waals surface area (Å²) in [6.07, 6.45) is 8.09. The van der Waals surface area contributed by atoms with Crippen LogP contribution in [0.5, 0.6) is 5.75 Å². The summed E-state index contributed by atoms with van der Waals surface area (Å²) in [4.78, 5) is 31.3. The third-order valence-corrected chi connectivity index (χ3v) is 10.8. The molecule has 0 bridgehead atoms. The minimum Gasteiger partial charge on any atom is -0.492 e. The van der Waals surface area contributed by atoms with Crippen LogP contribution in [0.2, 0.25) is 0 Å². The number of H-pyrrole nitrogens is 1. The Morgan fingerprint density at radius 2 is 1.78 bits per heavy atom. The quantitative estimate of drug-likeness (QED) is 0.178. The van der Waals surface area contributed by atoms with E-state index in [-0.39, 0.29) is 10.6 Å². The number of aromatic nitrogens is 6. The predicted molar refractivity (Wildman–Crippen MR) is 171 cm³/mol. The van der Waals surface area contributed by atoms with Gasteiger partial charge in [0.25, 0.3) is 0 Å². The van der Waals surface area contributed by atoms with Gasteiger partial charge in [0.2, 0.25) is 5.95 Å². The largest absolute Gasteiger partial charge is 0.492 e. The fraction of sp³-hybridized carbons (Fsp3) is 0.484. The number of sulfone groups is 1. The van der Waals surface area contributed by atoms with Crippen molar-refractivity contribution in [2.24, 2.45) is 5.92 Å². The molecule has 0 radical (unpaired) electrons. The number of anilines is 3. The lowest BCUT2D eigenvalue weighted by Gasteiger charge is -2.32. The van der Waals surface area contributed by atoms with Crippen molar-refractivity contribution in [3.63, 3.8) is 0 Å². The van der Waals surface area contributed by atoms with E-state index in [1.54, 1.807) is 32.9 Å². The van der Waals surface area contributed by atoms with Crippen molar-refractivity contribution >= 4 is 44.3 Å². The molecule has 2 N–H and O–H groups in total.